The molecular weight excluding hydrogens is 254 g/mol. The summed E-state index contributed by atoms with van der Waals surface area (Å²) in [5, 5.41) is 8.94. The lowest BCUT2D eigenvalue weighted by molar-refractivity contribution is 0.0696. The molecule has 20 heavy (non-hydrogen) atoms. The molecule has 2 fully saturated rings. The van der Waals surface area contributed by atoms with E-state index in [1.807, 2.05) is 0 Å². The number of nitrogens with two attached hydrogens (primary N) is 1. The summed E-state index contributed by atoms with van der Waals surface area (Å²) < 4.78 is 0. The van der Waals surface area contributed by atoms with Gasteiger partial charge in [0.25, 0.3) is 0 Å². The highest BCUT2D eigenvalue weighted by Gasteiger charge is 2.37. The van der Waals surface area contributed by atoms with Crippen LogP contribution in [0.4, 0.5) is 11.5 Å². The number of carboxylic acid groups (broad SMARTS) is 1. The number of aromatic carboxylic acids is 1. The van der Waals surface area contributed by atoms with Gasteiger partial charge in [0, 0.05) is 19.3 Å². The maximum absolute atomic E-state index is 10.9. The number of aromatic nitrogens is 1. The van der Waals surface area contributed by atoms with Crippen molar-refractivity contribution < 1.29 is 9.90 Å². The minimum Gasteiger partial charge on any atom is -0.478 e. The molecule has 0 bridgehead atoms. The second-order valence-electron chi connectivity index (χ2n) is 6.14. The standard InChI is InChI=1S/C15H21N3O2/c16-12-9-11(14(19)20)10-17-13(12)18-7-5-15(6-8-18)3-1-2-4-15/h9-10H,1-8,16H2,(H,19,20). The number of hydrogen-bond acceptors (Lipinski definition) is 4. The van der Waals surface area contributed by atoms with Gasteiger partial charge in [-0.1, -0.05) is 12.8 Å². The van der Waals surface area contributed by atoms with Crippen molar-refractivity contribution in [1.29, 1.82) is 0 Å². The fraction of sp³-hybridized carbons (Fsp3) is 0.600. The molecule has 0 aromatic carbocycles. The summed E-state index contributed by atoms with van der Waals surface area (Å²) in [7, 11) is 0. The topological polar surface area (TPSA) is 79.5 Å². The van der Waals surface area contributed by atoms with Gasteiger partial charge in [-0.15, -0.1) is 0 Å². The lowest BCUT2D eigenvalue weighted by atomic mass is 9.77. The Labute approximate surface area is 118 Å². The summed E-state index contributed by atoms with van der Waals surface area (Å²) >= 11 is 0. The van der Waals surface area contributed by atoms with Crippen LogP contribution in [0.3, 0.4) is 0 Å². The monoisotopic (exact) mass is 275 g/mol. The molecule has 0 radical (unpaired) electrons. The second-order valence-corrected chi connectivity index (χ2v) is 6.14. The number of rotatable bonds is 2. The molecule has 5 nitrogen and oxygen atoms in total. The third-order valence-corrected chi connectivity index (χ3v) is 4.93. The average molecular weight is 275 g/mol. The maximum Gasteiger partial charge on any atom is 0.337 e. The number of nitrogen functional groups attached to an aromatic ring is 1. The number of piperidine rings is 1. The van der Waals surface area contributed by atoms with Crippen LogP contribution >= 0.6 is 0 Å². The van der Waals surface area contributed by atoms with Gasteiger partial charge in [-0.3, -0.25) is 0 Å². The van der Waals surface area contributed by atoms with Crippen molar-refractivity contribution in [2.75, 3.05) is 23.7 Å². The van der Waals surface area contributed by atoms with Crippen LogP contribution in [0.5, 0.6) is 0 Å². The lowest BCUT2D eigenvalue weighted by Gasteiger charge is -2.40. The van der Waals surface area contributed by atoms with Gasteiger partial charge in [0.05, 0.1) is 11.3 Å². The van der Waals surface area contributed by atoms with Crippen LogP contribution < -0.4 is 10.6 Å². The van der Waals surface area contributed by atoms with Crippen LogP contribution in [0.15, 0.2) is 12.3 Å². The quantitative estimate of drug-likeness (QED) is 0.867. The van der Waals surface area contributed by atoms with Crippen molar-refractivity contribution in [3.05, 3.63) is 17.8 Å². The zero-order valence-corrected chi connectivity index (χ0v) is 11.6. The van der Waals surface area contributed by atoms with E-state index >= 15 is 0 Å². The van der Waals surface area contributed by atoms with Gasteiger partial charge in [-0.05, 0) is 37.2 Å². The van der Waals surface area contributed by atoms with Crippen LogP contribution in [-0.4, -0.2) is 29.1 Å². The second kappa shape index (κ2) is 4.96. The SMILES string of the molecule is Nc1cc(C(=O)O)cnc1N1CCC2(CCCC2)CC1. The first-order chi connectivity index (χ1) is 9.60. The Morgan fingerprint density at radius 2 is 1.90 bits per heavy atom. The smallest absolute Gasteiger partial charge is 0.337 e. The molecule has 108 valence electrons. The first-order valence-electron chi connectivity index (χ1n) is 7.33. The molecule has 0 atom stereocenters. The van der Waals surface area contributed by atoms with Crippen LogP contribution in [0.2, 0.25) is 0 Å². The van der Waals surface area contributed by atoms with Crippen LogP contribution in [-0.2, 0) is 0 Å². The zero-order chi connectivity index (χ0) is 14.2. The lowest BCUT2D eigenvalue weighted by Crippen LogP contribution is -2.39. The highest BCUT2D eigenvalue weighted by molar-refractivity contribution is 5.89. The molecule has 1 aliphatic carbocycles. The summed E-state index contributed by atoms with van der Waals surface area (Å²) in [6.45, 7) is 1.95. The molecule has 1 aliphatic heterocycles. The normalized spacial score (nSPS) is 21.3. The van der Waals surface area contributed by atoms with Gasteiger partial charge < -0.3 is 15.7 Å². The molecule has 2 aliphatic rings. The molecule has 0 unspecified atom stereocenters. The van der Waals surface area contributed by atoms with Crippen molar-refractivity contribution >= 4 is 17.5 Å². The Morgan fingerprint density at radius 1 is 1.25 bits per heavy atom. The number of carbonyl (C=O) groups is 1. The fourth-order valence-corrected chi connectivity index (χ4v) is 3.67. The van der Waals surface area contributed by atoms with E-state index in [1.54, 1.807) is 0 Å². The summed E-state index contributed by atoms with van der Waals surface area (Å²) in [6, 6.07) is 1.50. The van der Waals surface area contributed by atoms with Crippen molar-refractivity contribution in [2.24, 2.45) is 5.41 Å². The fourth-order valence-electron chi connectivity index (χ4n) is 3.67. The minimum absolute atomic E-state index is 0.149. The van der Waals surface area contributed by atoms with Crippen LogP contribution in [0.25, 0.3) is 0 Å². The first kappa shape index (κ1) is 13.2. The zero-order valence-electron chi connectivity index (χ0n) is 11.6. The minimum atomic E-state index is -0.987. The maximum atomic E-state index is 10.9. The van der Waals surface area contributed by atoms with Gasteiger partial charge in [-0.2, -0.15) is 0 Å². The van der Waals surface area contributed by atoms with Crippen LogP contribution in [0, 0.1) is 5.41 Å². The van der Waals surface area contributed by atoms with E-state index in [-0.39, 0.29) is 5.56 Å². The molecule has 1 spiro atoms. The van der Waals surface area contributed by atoms with E-state index in [0.717, 1.165) is 18.9 Å². The van der Waals surface area contributed by atoms with Crippen molar-refractivity contribution in [3.63, 3.8) is 0 Å². The Balaban J connectivity index is 1.73. The average Bonchev–Trinajstić information content (AvgIpc) is 2.88. The summed E-state index contributed by atoms with van der Waals surface area (Å²) in [4.78, 5) is 17.4. The van der Waals surface area contributed by atoms with Gasteiger partial charge in [0.15, 0.2) is 5.82 Å². The van der Waals surface area contributed by atoms with E-state index in [2.05, 4.69) is 9.88 Å². The number of hydrogen-bond donors (Lipinski definition) is 2. The molecule has 0 amide bonds. The van der Waals surface area contributed by atoms with Gasteiger partial charge >= 0.3 is 5.97 Å². The number of pyridine rings is 1. The van der Waals surface area contributed by atoms with Crippen LogP contribution in [0.1, 0.15) is 48.9 Å². The molecule has 3 N–H and O–H groups in total. The Hall–Kier alpha value is -1.78. The van der Waals surface area contributed by atoms with Crippen molar-refractivity contribution in [3.8, 4) is 0 Å². The molecule has 5 heteroatoms. The molecule has 1 aromatic heterocycles. The van der Waals surface area contributed by atoms with Crippen molar-refractivity contribution in [1.82, 2.24) is 4.98 Å². The molecule has 3 rings (SSSR count). The van der Waals surface area contributed by atoms with Gasteiger partial charge in [0.1, 0.15) is 0 Å². The summed E-state index contributed by atoms with van der Waals surface area (Å²) in [5.74, 6) is -0.248. The van der Waals surface area contributed by atoms with Gasteiger partial charge in [-0.25, -0.2) is 9.78 Å². The number of carboxylic acids is 1. The van der Waals surface area contributed by atoms with E-state index < -0.39 is 5.97 Å². The van der Waals surface area contributed by atoms with Crippen molar-refractivity contribution in [2.45, 2.75) is 38.5 Å². The van der Waals surface area contributed by atoms with E-state index in [4.69, 9.17) is 10.8 Å². The molecule has 1 saturated heterocycles. The highest BCUT2D eigenvalue weighted by Crippen LogP contribution is 2.46. The summed E-state index contributed by atoms with van der Waals surface area (Å²) in [5.41, 5.74) is 7.14. The van der Waals surface area contributed by atoms with Gasteiger partial charge in [0.2, 0.25) is 0 Å². The predicted molar refractivity (Wildman–Crippen MR) is 78.0 cm³/mol. The van der Waals surface area contributed by atoms with E-state index in [1.165, 1.54) is 50.8 Å². The first-order valence-corrected chi connectivity index (χ1v) is 7.33. The molecular formula is C15H21N3O2. The summed E-state index contributed by atoms with van der Waals surface area (Å²) in [6.07, 6.45) is 9.27. The third kappa shape index (κ3) is 2.32. The third-order valence-electron chi connectivity index (χ3n) is 4.93. The number of anilines is 2. The largest absolute Gasteiger partial charge is 0.478 e. The Kier molecular flexibility index (Phi) is 3.28. The Bertz CT molecular complexity index is 514. The van der Waals surface area contributed by atoms with E-state index in [0.29, 0.717) is 11.1 Å². The molecule has 2 heterocycles. The Morgan fingerprint density at radius 3 is 2.45 bits per heavy atom. The predicted octanol–water partition coefficient (Wildman–Crippen LogP) is 2.52. The molecule has 1 aromatic rings. The highest BCUT2D eigenvalue weighted by atomic mass is 16.4. The number of nitrogens with zero attached hydrogens (tertiary/aromatic N) is 2. The van der Waals surface area contributed by atoms with E-state index in [9.17, 15) is 4.79 Å². The molecule has 1 saturated carbocycles.